The van der Waals surface area contributed by atoms with E-state index in [1.165, 1.54) is 27.4 Å². The molecular formula is C15H15NO6S. The summed E-state index contributed by atoms with van der Waals surface area (Å²) < 4.78 is 15.0. The molecule has 0 bridgehead atoms. The number of hydrogen-bond donors (Lipinski definition) is 0. The van der Waals surface area contributed by atoms with Crippen LogP contribution >= 0.6 is 11.8 Å². The van der Waals surface area contributed by atoms with Crippen LogP contribution in [0.3, 0.4) is 0 Å². The highest BCUT2D eigenvalue weighted by Crippen LogP contribution is 2.37. The number of nitrogens with zero attached hydrogens (tertiary/aromatic N) is 1. The van der Waals surface area contributed by atoms with Gasteiger partial charge in [-0.15, -0.1) is 0 Å². The number of para-hydroxylation sites is 1. The first kappa shape index (κ1) is 16.9. The van der Waals surface area contributed by atoms with Gasteiger partial charge in [0, 0.05) is 5.56 Å². The van der Waals surface area contributed by atoms with Crippen LogP contribution in [0, 0.1) is 0 Å². The van der Waals surface area contributed by atoms with Crippen molar-refractivity contribution in [3.8, 4) is 11.5 Å². The fourth-order valence-corrected chi connectivity index (χ4v) is 2.83. The molecule has 2 rings (SSSR count). The number of thioether (sulfide) groups is 1. The van der Waals surface area contributed by atoms with Crippen molar-refractivity contribution in [2.75, 3.05) is 27.9 Å². The van der Waals surface area contributed by atoms with E-state index in [4.69, 9.17) is 9.47 Å². The number of rotatable bonds is 5. The van der Waals surface area contributed by atoms with Crippen molar-refractivity contribution in [1.29, 1.82) is 0 Å². The smallest absolute Gasteiger partial charge is 0.325 e. The van der Waals surface area contributed by atoms with Gasteiger partial charge >= 0.3 is 5.97 Å². The second-order valence-corrected chi connectivity index (χ2v) is 5.42. The fraction of sp³-hybridized carbons (Fsp3) is 0.267. The van der Waals surface area contributed by atoms with Gasteiger partial charge < -0.3 is 14.2 Å². The van der Waals surface area contributed by atoms with Gasteiger partial charge in [0.2, 0.25) is 0 Å². The molecule has 23 heavy (non-hydrogen) atoms. The zero-order chi connectivity index (χ0) is 17.0. The summed E-state index contributed by atoms with van der Waals surface area (Å²) in [7, 11) is 4.18. The normalized spacial score (nSPS) is 16.0. The number of esters is 1. The second kappa shape index (κ2) is 7.19. The fourth-order valence-electron chi connectivity index (χ4n) is 2.00. The van der Waals surface area contributed by atoms with Crippen molar-refractivity contribution in [2.24, 2.45) is 0 Å². The van der Waals surface area contributed by atoms with Gasteiger partial charge in [-0.2, -0.15) is 0 Å². The Morgan fingerprint density at radius 1 is 1.22 bits per heavy atom. The van der Waals surface area contributed by atoms with Crippen molar-refractivity contribution in [2.45, 2.75) is 0 Å². The molecule has 1 aliphatic rings. The first-order valence-corrected chi connectivity index (χ1v) is 7.36. The molecule has 1 aromatic carbocycles. The van der Waals surface area contributed by atoms with E-state index in [1.54, 1.807) is 18.2 Å². The van der Waals surface area contributed by atoms with Crippen LogP contribution in [0.25, 0.3) is 6.08 Å². The Morgan fingerprint density at radius 2 is 1.96 bits per heavy atom. The van der Waals surface area contributed by atoms with E-state index in [0.29, 0.717) is 17.1 Å². The molecule has 0 atom stereocenters. The van der Waals surface area contributed by atoms with Gasteiger partial charge in [0.05, 0.1) is 26.2 Å². The third-order valence-electron chi connectivity index (χ3n) is 3.11. The Bertz CT molecular complexity index is 685. The molecule has 0 N–H and O–H groups in total. The minimum absolute atomic E-state index is 0.199. The van der Waals surface area contributed by atoms with Crippen molar-refractivity contribution in [3.05, 3.63) is 28.7 Å². The molecule has 8 heteroatoms. The number of amides is 2. The van der Waals surface area contributed by atoms with Gasteiger partial charge in [-0.05, 0) is 23.9 Å². The SMILES string of the molecule is COC(=O)CN1C(=O)S/C(=C\c2cccc(OC)c2OC)C1=O. The Balaban J connectivity index is 2.33. The summed E-state index contributed by atoms with van der Waals surface area (Å²) in [6.07, 6.45) is 1.53. The lowest BCUT2D eigenvalue weighted by atomic mass is 10.1. The minimum atomic E-state index is -0.660. The standard InChI is InChI=1S/C15H15NO6S/c1-20-10-6-4-5-9(13(10)22-3)7-11-14(18)16(15(19)23-11)8-12(17)21-2/h4-7H,8H2,1-3H3/b11-7-. The van der Waals surface area contributed by atoms with Crippen molar-refractivity contribution in [3.63, 3.8) is 0 Å². The van der Waals surface area contributed by atoms with Crippen molar-refractivity contribution < 1.29 is 28.6 Å². The second-order valence-electron chi connectivity index (χ2n) is 4.43. The number of imide groups is 1. The van der Waals surface area contributed by atoms with Crippen molar-refractivity contribution >= 4 is 35.0 Å². The number of methoxy groups -OCH3 is 3. The predicted molar refractivity (Wildman–Crippen MR) is 84.2 cm³/mol. The number of carbonyl (C=O) groups excluding carboxylic acids is 3. The molecule has 1 saturated heterocycles. The summed E-state index contributed by atoms with van der Waals surface area (Å²) in [6.45, 7) is -0.409. The maximum Gasteiger partial charge on any atom is 0.325 e. The minimum Gasteiger partial charge on any atom is -0.493 e. The lowest BCUT2D eigenvalue weighted by molar-refractivity contribution is -0.143. The quantitative estimate of drug-likeness (QED) is 0.599. The maximum atomic E-state index is 12.3. The van der Waals surface area contributed by atoms with Crippen LogP contribution in [0.4, 0.5) is 4.79 Å². The van der Waals surface area contributed by atoms with E-state index in [2.05, 4.69) is 4.74 Å². The number of carbonyl (C=O) groups is 3. The Hall–Kier alpha value is -2.48. The molecule has 0 unspecified atom stereocenters. The highest BCUT2D eigenvalue weighted by molar-refractivity contribution is 8.18. The van der Waals surface area contributed by atoms with Gasteiger partial charge in [0.15, 0.2) is 11.5 Å². The van der Waals surface area contributed by atoms with E-state index >= 15 is 0 Å². The van der Waals surface area contributed by atoms with E-state index in [-0.39, 0.29) is 4.91 Å². The van der Waals surface area contributed by atoms with Crippen LogP contribution in [-0.2, 0) is 14.3 Å². The average molecular weight is 337 g/mol. The summed E-state index contributed by atoms with van der Waals surface area (Å²) in [5.74, 6) is -0.243. The molecule has 0 aliphatic carbocycles. The summed E-state index contributed by atoms with van der Waals surface area (Å²) >= 11 is 0.756. The van der Waals surface area contributed by atoms with Crippen LogP contribution in [0.15, 0.2) is 23.1 Å². The molecule has 7 nitrogen and oxygen atoms in total. The lowest BCUT2D eigenvalue weighted by Gasteiger charge is -2.11. The highest BCUT2D eigenvalue weighted by atomic mass is 32.2. The summed E-state index contributed by atoms with van der Waals surface area (Å²) in [5, 5.41) is -0.520. The van der Waals surface area contributed by atoms with Gasteiger partial charge in [-0.25, -0.2) is 0 Å². The maximum absolute atomic E-state index is 12.3. The number of hydrogen-bond acceptors (Lipinski definition) is 7. The van der Waals surface area contributed by atoms with E-state index in [1.807, 2.05) is 0 Å². The van der Waals surface area contributed by atoms with Gasteiger partial charge in [0.1, 0.15) is 6.54 Å². The molecule has 0 saturated carbocycles. The highest BCUT2D eigenvalue weighted by Gasteiger charge is 2.36. The Labute approximate surface area is 137 Å². The molecule has 1 heterocycles. The van der Waals surface area contributed by atoms with E-state index < -0.39 is 23.7 Å². The summed E-state index contributed by atoms with van der Waals surface area (Å²) in [6, 6.07) is 5.20. The first-order valence-electron chi connectivity index (χ1n) is 6.55. The third kappa shape index (κ3) is 3.48. The molecule has 2 amide bonds. The predicted octanol–water partition coefficient (Wildman–Crippen LogP) is 1.91. The molecule has 1 fully saturated rings. The largest absolute Gasteiger partial charge is 0.493 e. The summed E-state index contributed by atoms with van der Waals surface area (Å²) in [5.41, 5.74) is 0.593. The molecular weight excluding hydrogens is 322 g/mol. The first-order chi connectivity index (χ1) is 11.0. The molecule has 122 valence electrons. The average Bonchev–Trinajstić information content (AvgIpc) is 2.81. The Morgan fingerprint density at radius 3 is 2.57 bits per heavy atom. The topological polar surface area (TPSA) is 82.1 Å². The molecule has 1 aromatic rings. The zero-order valence-corrected chi connectivity index (χ0v) is 13.6. The molecule has 1 aliphatic heterocycles. The van der Waals surface area contributed by atoms with Crippen LogP contribution in [0.1, 0.15) is 5.56 Å². The molecule has 0 spiro atoms. The van der Waals surface area contributed by atoms with Gasteiger partial charge in [-0.3, -0.25) is 19.3 Å². The van der Waals surface area contributed by atoms with Crippen molar-refractivity contribution in [1.82, 2.24) is 4.90 Å². The van der Waals surface area contributed by atoms with Crippen LogP contribution < -0.4 is 9.47 Å². The number of benzene rings is 1. The molecule has 0 radical (unpaired) electrons. The Kier molecular flexibility index (Phi) is 5.28. The van der Waals surface area contributed by atoms with E-state index in [0.717, 1.165) is 16.7 Å². The number of ether oxygens (including phenoxy) is 3. The summed E-state index contributed by atoms with van der Waals surface area (Å²) in [4.78, 5) is 36.5. The zero-order valence-electron chi connectivity index (χ0n) is 12.8. The van der Waals surface area contributed by atoms with Gasteiger partial charge in [-0.1, -0.05) is 12.1 Å². The third-order valence-corrected chi connectivity index (χ3v) is 4.02. The van der Waals surface area contributed by atoms with Crippen LogP contribution in [-0.4, -0.2) is 49.9 Å². The monoisotopic (exact) mass is 337 g/mol. The van der Waals surface area contributed by atoms with Crippen LogP contribution in [0.5, 0.6) is 11.5 Å². The van der Waals surface area contributed by atoms with E-state index in [9.17, 15) is 14.4 Å². The van der Waals surface area contributed by atoms with Crippen LogP contribution in [0.2, 0.25) is 0 Å². The lowest BCUT2D eigenvalue weighted by Crippen LogP contribution is -2.34. The molecule has 0 aromatic heterocycles. The van der Waals surface area contributed by atoms with Gasteiger partial charge in [0.25, 0.3) is 11.1 Å².